The number of carbonyl (C=O) groups is 1. The predicted octanol–water partition coefficient (Wildman–Crippen LogP) is 5.16. The molecule has 1 amide bonds. The number of aryl methyl sites for hydroxylation is 2. The van der Waals surface area contributed by atoms with Crippen LogP contribution in [0.4, 0.5) is 17.3 Å². The lowest BCUT2D eigenvalue weighted by Crippen LogP contribution is -2.20. The number of nitrogens with zero attached hydrogens (tertiary/aromatic N) is 2. The van der Waals surface area contributed by atoms with E-state index in [1.165, 1.54) is 0 Å². The zero-order valence-corrected chi connectivity index (χ0v) is 16.8. The van der Waals surface area contributed by atoms with Crippen LogP contribution in [0.25, 0.3) is 0 Å². The second-order valence-corrected chi connectivity index (χ2v) is 6.94. The third kappa shape index (κ3) is 5.58. The molecule has 28 heavy (non-hydrogen) atoms. The summed E-state index contributed by atoms with van der Waals surface area (Å²) in [6, 6.07) is 14.0. The summed E-state index contributed by atoms with van der Waals surface area (Å²) in [6.07, 6.45) is 0. The van der Waals surface area contributed by atoms with Crippen molar-refractivity contribution < 1.29 is 9.53 Å². The number of rotatable bonds is 6. The molecule has 3 aromatic rings. The molecule has 0 atom stereocenters. The molecular weight excluding hydrogens is 399 g/mol. The van der Waals surface area contributed by atoms with Gasteiger partial charge in [0.05, 0.1) is 5.02 Å². The summed E-state index contributed by atoms with van der Waals surface area (Å²) in [5.74, 6) is 0.530. The summed E-state index contributed by atoms with van der Waals surface area (Å²) < 4.78 is 5.44. The van der Waals surface area contributed by atoms with E-state index in [0.29, 0.717) is 27.4 Å². The zero-order chi connectivity index (χ0) is 20.1. The molecule has 144 valence electrons. The molecule has 0 saturated heterocycles. The number of nitrogens with one attached hydrogen (secondary N) is 2. The first-order valence-electron chi connectivity index (χ1n) is 8.46. The quantitative estimate of drug-likeness (QED) is 0.579. The molecule has 8 heteroatoms. The third-order valence-corrected chi connectivity index (χ3v) is 4.18. The Hall–Kier alpha value is -2.83. The van der Waals surface area contributed by atoms with Crippen molar-refractivity contribution in [3.05, 3.63) is 70.0 Å². The van der Waals surface area contributed by atoms with Gasteiger partial charge in [-0.05, 0) is 50.2 Å². The molecule has 0 spiro atoms. The molecule has 0 fully saturated rings. The number of ether oxygens (including phenoxy) is 1. The lowest BCUT2D eigenvalue weighted by Gasteiger charge is -2.11. The molecule has 1 aromatic heterocycles. The fraction of sp³-hybridized carbons (Fsp3) is 0.150. The molecule has 0 radical (unpaired) electrons. The Morgan fingerprint density at radius 1 is 1.00 bits per heavy atom. The van der Waals surface area contributed by atoms with Crippen LogP contribution in [0.5, 0.6) is 5.75 Å². The first-order chi connectivity index (χ1) is 13.4. The van der Waals surface area contributed by atoms with Gasteiger partial charge in [0.25, 0.3) is 5.91 Å². The molecule has 0 aliphatic carbocycles. The van der Waals surface area contributed by atoms with Crippen molar-refractivity contribution in [2.45, 2.75) is 13.8 Å². The van der Waals surface area contributed by atoms with Gasteiger partial charge in [0.2, 0.25) is 5.95 Å². The lowest BCUT2D eigenvalue weighted by atomic mass is 10.2. The van der Waals surface area contributed by atoms with Crippen LogP contribution in [0, 0.1) is 13.8 Å². The molecule has 3 rings (SSSR count). The van der Waals surface area contributed by atoms with E-state index in [1.807, 2.05) is 32.0 Å². The maximum Gasteiger partial charge on any atom is 0.262 e. The number of hydrogen-bond donors (Lipinski definition) is 2. The Kier molecular flexibility index (Phi) is 6.34. The van der Waals surface area contributed by atoms with Crippen molar-refractivity contribution in [2.75, 3.05) is 17.2 Å². The summed E-state index contributed by atoms with van der Waals surface area (Å²) >= 11 is 11.9. The van der Waals surface area contributed by atoms with Crippen LogP contribution < -0.4 is 15.4 Å². The van der Waals surface area contributed by atoms with Crippen molar-refractivity contribution in [1.82, 2.24) is 9.97 Å². The number of halogens is 2. The predicted molar refractivity (Wildman–Crippen MR) is 112 cm³/mol. The minimum absolute atomic E-state index is 0.197. The average molecular weight is 417 g/mol. The highest BCUT2D eigenvalue weighted by Gasteiger charge is 2.08. The smallest absolute Gasteiger partial charge is 0.262 e. The average Bonchev–Trinajstić information content (AvgIpc) is 2.62. The van der Waals surface area contributed by atoms with Gasteiger partial charge in [-0.15, -0.1) is 0 Å². The van der Waals surface area contributed by atoms with Crippen LogP contribution in [-0.4, -0.2) is 22.5 Å². The van der Waals surface area contributed by atoms with Gasteiger partial charge < -0.3 is 15.4 Å². The number of aromatic nitrogens is 2. The summed E-state index contributed by atoms with van der Waals surface area (Å²) in [4.78, 5) is 20.9. The molecule has 2 N–H and O–H groups in total. The van der Waals surface area contributed by atoms with E-state index in [4.69, 9.17) is 27.9 Å². The van der Waals surface area contributed by atoms with Crippen molar-refractivity contribution in [1.29, 1.82) is 0 Å². The Morgan fingerprint density at radius 2 is 1.71 bits per heavy atom. The zero-order valence-electron chi connectivity index (χ0n) is 15.3. The molecule has 2 aromatic carbocycles. The second kappa shape index (κ2) is 8.91. The molecule has 0 aliphatic rings. The maximum absolute atomic E-state index is 12.2. The van der Waals surface area contributed by atoms with E-state index < -0.39 is 0 Å². The van der Waals surface area contributed by atoms with Crippen molar-refractivity contribution in [3.8, 4) is 5.75 Å². The number of benzene rings is 2. The van der Waals surface area contributed by atoms with Gasteiger partial charge in [0, 0.05) is 33.9 Å². The molecule has 6 nitrogen and oxygen atoms in total. The highest BCUT2D eigenvalue weighted by molar-refractivity contribution is 6.34. The van der Waals surface area contributed by atoms with Gasteiger partial charge in [-0.1, -0.05) is 29.3 Å². The van der Waals surface area contributed by atoms with Crippen molar-refractivity contribution >= 4 is 46.4 Å². The van der Waals surface area contributed by atoms with Crippen LogP contribution in [0.2, 0.25) is 10.0 Å². The minimum atomic E-state index is -0.323. The standard InChI is InChI=1S/C20H18Cl2N4O2/c1-12-8-13(2)24-20(23-12)26-16-5-3-4-15(10-16)25-19(27)11-28-18-9-14(21)6-7-17(18)22/h3-10H,11H2,1-2H3,(H,25,27)(H,23,24,26). The molecule has 1 heterocycles. The lowest BCUT2D eigenvalue weighted by molar-refractivity contribution is -0.118. The summed E-state index contributed by atoms with van der Waals surface area (Å²) in [6.45, 7) is 3.61. The van der Waals surface area contributed by atoms with Crippen LogP contribution in [0.3, 0.4) is 0 Å². The number of anilines is 3. The van der Waals surface area contributed by atoms with E-state index in [-0.39, 0.29) is 12.5 Å². The van der Waals surface area contributed by atoms with Gasteiger partial charge in [0.1, 0.15) is 5.75 Å². The van der Waals surface area contributed by atoms with Gasteiger partial charge >= 0.3 is 0 Å². The number of amides is 1. The van der Waals surface area contributed by atoms with E-state index >= 15 is 0 Å². The fourth-order valence-corrected chi connectivity index (χ4v) is 2.85. The Balaban J connectivity index is 1.62. The van der Waals surface area contributed by atoms with Crippen LogP contribution in [-0.2, 0) is 4.79 Å². The van der Waals surface area contributed by atoms with E-state index in [1.54, 1.807) is 30.3 Å². The van der Waals surface area contributed by atoms with Crippen LogP contribution >= 0.6 is 23.2 Å². The van der Waals surface area contributed by atoms with E-state index in [0.717, 1.165) is 17.1 Å². The van der Waals surface area contributed by atoms with E-state index in [9.17, 15) is 4.79 Å². The Labute approximate surface area is 172 Å². The second-order valence-electron chi connectivity index (χ2n) is 6.09. The minimum Gasteiger partial charge on any atom is -0.482 e. The molecule has 0 bridgehead atoms. The SMILES string of the molecule is Cc1cc(C)nc(Nc2cccc(NC(=O)COc3cc(Cl)ccc3Cl)c2)n1. The topological polar surface area (TPSA) is 76.1 Å². The summed E-state index contributed by atoms with van der Waals surface area (Å²) in [7, 11) is 0. The number of carbonyl (C=O) groups excluding carboxylic acids is 1. The van der Waals surface area contributed by atoms with Crippen LogP contribution in [0.15, 0.2) is 48.5 Å². The van der Waals surface area contributed by atoms with Crippen LogP contribution in [0.1, 0.15) is 11.4 Å². The van der Waals surface area contributed by atoms with Gasteiger partial charge in [-0.2, -0.15) is 0 Å². The first-order valence-corrected chi connectivity index (χ1v) is 9.22. The van der Waals surface area contributed by atoms with Gasteiger partial charge in [-0.25, -0.2) is 9.97 Å². The van der Waals surface area contributed by atoms with Gasteiger partial charge in [0.15, 0.2) is 6.61 Å². The Morgan fingerprint density at radius 3 is 2.46 bits per heavy atom. The van der Waals surface area contributed by atoms with Crippen molar-refractivity contribution in [2.24, 2.45) is 0 Å². The van der Waals surface area contributed by atoms with E-state index in [2.05, 4.69) is 20.6 Å². The summed E-state index contributed by atoms with van der Waals surface area (Å²) in [5.41, 5.74) is 3.11. The molecular formula is C20H18Cl2N4O2. The molecule has 0 aliphatic heterocycles. The molecule has 0 saturated carbocycles. The normalized spacial score (nSPS) is 10.4. The Bertz CT molecular complexity index is 991. The fourth-order valence-electron chi connectivity index (χ4n) is 2.51. The third-order valence-electron chi connectivity index (χ3n) is 3.64. The maximum atomic E-state index is 12.2. The summed E-state index contributed by atoms with van der Waals surface area (Å²) in [5, 5.41) is 6.77. The monoisotopic (exact) mass is 416 g/mol. The molecule has 0 unspecified atom stereocenters. The van der Waals surface area contributed by atoms with Gasteiger partial charge in [-0.3, -0.25) is 4.79 Å². The highest BCUT2D eigenvalue weighted by atomic mass is 35.5. The largest absolute Gasteiger partial charge is 0.482 e. The highest BCUT2D eigenvalue weighted by Crippen LogP contribution is 2.27. The van der Waals surface area contributed by atoms with Crippen molar-refractivity contribution in [3.63, 3.8) is 0 Å². The number of hydrogen-bond acceptors (Lipinski definition) is 5. The first kappa shape index (κ1) is 19.9.